The lowest BCUT2D eigenvalue weighted by Crippen LogP contribution is -2.27. The van der Waals surface area contributed by atoms with Gasteiger partial charge in [-0.3, -0.25) is 4.79 Å². The number of hydrogen-bond acceptors (Lipinski definition) is 3. The summed E-state index contributed by atoms with van der Waals surface area (Å²) in [6.45, 7) is 0.437. The molecule has 0 aromatic heterocycles. The molecule has 122 valence electrons. The van der Waals surface area contributed by atoms with Gasteiger partial charge in [-0.1, -0.05) is 24.3 Å². The molecule has 0 heterocycles. The molecular formula is C17H18FNO3S. The minimum Gasteiger partial charge on any atom is -0.355 e. The maximum Gasteiger partial charge on any atom is 0.224 e. The second-order valence-corrected chi connectivity index (χ2v) is 7.34. The van der Waals surface area contributed by atoms with Crippen LogP contribution in [-0.2, 0) is 27.5 Å². The SMILES string of the molecule is CS(=O)(=O)c1ccc(CCNC(=O)Cc2cccc(F)c2)cc1. The molecule has 2 aromatic carbocycles. The van der Waals surface area contributed by atoms with Crippen molar-refractivity contribution in [2.45, 2.75) is 17.7 Å². The van der Waals surface area contributed by atoms with Crippen molar-refractivity contribution in [1.82, 2.24) is 5.32 Å². The fourth-order valence-electron chi connectivity index (χ4n) is 2.14. The largest absolute Gasteiger partial charge is 0.355 e. The van der Waals surface area contributed by atoms with Gasteiger partial charge in [0.25, 0.3) is 0 Å². The fourth-order valence-corrected chi connectivity index (χ4v) is 2.77. The van der Waals surface area contributed by atoms with Crippen molar-refractivity contribution in [2.24, 2.45) is 0 Å². The summed E-state index contributed by atoms with van der Waals surface area (Å²) < 4.78 is 35.8. The van der Waals surface area contributed by atoms with Crippen LogP contribution in [0.4, 0.5) is 4.39 Å². The molecule has 0 radical (unpaired) electrons. The summed E-state index contributed by atoms with van der Waals surface area (Å²) in [6, 6.07) is 12.5. The predicted octanol–water partition coefficient (Wildman–Crippen LogP) is 2.13. The molecule has 2 aromatic rings. The topological polar surface area (TPSA) is 63.2 Å². The molecule has 0 atom stereocenters. The monoisotopic (exact) mass is 335 g/mol. The Balaban J connectivity index is 1.81. The highest BCUT2D eigenvalue weighted by atomic mass is 32.2. The minimum absolute atomic E-state index is 0.130. The molecule has 2 rings (SSSR count). The summed E-state index contributed by atoms with van der Waals surface area (Å²) >= 11 is 0. The third-order valence-electron chi connectivity index (χ3n) is 3.34. The van der Waals surface area contributed by atoms with E-state index in [1.807, 2.05) is 0 Å². The van der Waals surface area contributed by atoms with Crippen LogP contribution >= 0.6 is 0 Å². The van der Waals surface area contributed by atoms with E-state index in [0.717, 1.165) is 11.8 Å². The number of benzene rings is 2. The molecule has 23 heavy (non-hydrogen) atoms. The second kappa shape index (κ2) is 7.37. The van der Waals surface area contributed by atoms with Gasteiger partial charge in [0.15, 0.2) is 9.84 Å². The van der Waals surface area contributed by atoms with E-state index >= 15 is 0 Å². The zero-order chi connectivity index (χ0) is 16.9. The molecule has 0 fully saturated rings. The molecule has 0 aliphatic rings. The standard InChI is InChI=1S/C17H18FNO3S/c1-23(21,22)16-7-5-13(6-8-16)9-10-19-17(20)12-14-3-2-4-15(18)11-14/h2-8,11H,9-10,12H2,1H3,(H,19,20). The maximum atomic E-state index is 13.0. The summed E-state index contributed by atoms with van der Waals surface area (Å²) in [6.07, 6.45) is 1.89. The van der Waals surface area contributed by atoms with Gasteiger partial charge in [-0.25, -0.2) is 12.8 Å². The normalized spacial score (nSPS) is 11.2. The Hall–Kier alpha value is -2.21. The summed E-state index contributed by atoms with van der Waals surface area (Å²) in [7, 11) is -3.19. The van der Waals surface area contributed by atoms with Gasteiger partial charge < -0.3 is 5.32 Å². The molecule has 0 saturated heterocycles. The van der Waals surface area contributed by atoms with Crippen LogP contribution in [0.5, 0.6) is 0 Å². The first-order valence-corrected chi connectivity index (χ1v) is 9.04. The first-order valence-electron chi connectivity index (χ1n) is 7.15. The molecular weight excluding hydrogens is 317 g/mol. The molecule has 0 aliphatic carbocycles. The first-order chi connectivity index (χ1) is 10.8. The van der Waals surface area contributed by atoms with Crippen molar-refractivity contribution in [2.75, 3.05) is 12.8 Å². The first kappa shape index (κ1) is 17.1. The van der Waals surface area contributed by atoms with Gasteiger partial charge in [-0.2, -0.15) is 0 Å². The summed E-state index contributed by atoms with van der Waals surface area (Å²) in [5.41, 5.74) is 1.56. The molecule has 0 saturated carbocycles. The molecule has 6 heteroatoms. The van der Waals surface area contributed by atoms with Crippen molar-refractivity contribution in [3.63, 3.8) is 0 Å². The lowest BCUT2D eigenvalue weighted by Gasteiger charge is -2.06. The van der Waals surface area contributed by atoms with E-state index < -0.39 is 9.84 Å². The third kappa shape index (κ3) is 5.49. The van der Waals surface area contributed by atoms with Gasteiger partial charge in [0.2, 0.25) is 5.91 Å². The van der Waals surface area contributed by atoms with Crippen LogP contribution in [0.25, 0.3) is 0 Å². The average molecular weight is 335 g/mol. The molecule has 0 bridgehead atoms. The van der Waals surface area contributed by atoms with Crippen molar-refractivity contribution in [1.29, 1.82) is 0 Å². The van der Waals surface area contributed by atoms with Gasteiger partial charge >= 0.3 is 0 Å². The smallest absolute Gasteiger partial charge is 0.224 e. The molecule has 0 unspecified atom stereocenters. The van der Waals surface area contributed by atoms with Crippen molar-refractivity contribution in [3.05, 3.63) is 65.5 Å². The number of halogens is 1. The van der Waals surface area contributed by atoms with E-state index in [9.17, 15) is 17.6 Å². The highest BCUT2D eigenvalue weighted by molar-refractivity contribution is 7.90. The van der Waals surface area contributed by atoms with Crippen molar-refractivity contribution >= 4 is 15.7 Å². The van der Waals surface area contributed by atoms with Gasteiger partial charge in [-0.15, -0.1) is 0 Å². The van der Waals surface area contributed by atoms with Crippen LogP contribution in [0.2, 0.25) is 0 Å². The van der Waals surface area contributed by atoms with Crippen molar-refractivity contribution in [3.8, 4) is 0 Å². The average Bonchev–Trinajstić information content (AvgIpc) is 2.47. The van der Waals surface area contributed by atoms with Crippen LogP contribution in [0.1, 0.15) is 11.1 Å². The van der Waals surface area contributed by atoms with Gasteiger partial charge in [-0.05, 0) is 41.8 Å². The number of hydrogen-bond donors (Lipinski definition) is 1. The van der Waals surface area contributed by atoms with Crippen LogP contribution in [0.3, 0.4) is 0 Å². The highest BCUT2D eigenvalue weighted by Crippen LogP contribution is 2.10. The van der Waals surface area contributed by atoms with E-state index in [-0.39, 0.29) is 23.0 Å². The Bertz CT molecular complexity index is 786. The molecule has 1 amide bonds. The van der Waals surface area contributed by atoms with Crippen molar-refractivity contribution < 1.29 is 17.6 Å². The second-order valence-electron chi connectivity index (χ2n) is 5.32. The predicted molar refractivity (Wildman–Crippen MR) is 86.4 cm³/mol. The quantitative estimate of drug-likeness (QED) is 0.880. The molecule has 0 aliphatic heterocycles. The highest BCUT2D eigenvalue weighted by Gasteiger charge is 2.07. The number of rotatable bonds is 6. The van der Waals surface area contributed by atoms with E-state index in [1.54, 1.807) is 36.4 Å². The number of carbonyl (C=O) groups excluding carboxylic acids is 1. The molecule has 1 N–H and O–H groups in total. The Morgan fingerprint density at radius 1 is 1.09 bits per heavy atom. The van der Waals surface area contributed by atoms with E-state index in [0.29, 0.717) is 18.5 Å². The Labute approximate surface area is 135 Å². The van der Waals surface area contributed by atoms with Crippen LogP contribution in [0.15, 0.2) is 53.4 Å². The number of amides is 1. The molecule has 0 spiro atoms. The zero-order valence-electron chi connectivity index (χ0n) is 12.8. The van der Waals surface area contributed by atoms with Crippen LogP contribution in [0, 0.1) is 5.82 Å². The van der Waals surface area contributed by atoms with Crippen LogP contribution < -0.4 is 5.32 Å². The fraction of sp³-hybridized carbons (Fsp3) is 0.235. The van der Waals surface area contributed by atoms with E-state index in [2.05, 4.69) is 5.32 Å². The van der Waals surface area contributed by atoms with E-state index in [1.165, 1.54) is 12.1 Å². The Morgan fingerprint density at radius 2 is 1.78 bits per heavy atom. The minimum atomic E-state index is -3.19. The zero-order valence-corrected chi connectivity index (χ0v) is 13.6. The molecule has 4 nitrogen and oxygen atoms in total. The van der Waals surface area contributed by atoms with Gasteiger partial charge in [0.05, 0.1) is 11.3 Å². The van der Waals surface area contributed by atoms with Gasteiger partial charge in [0.1, 0.15) is 5.82 Å². The lowest BCUT2D eigenvalue weighted by atomic mass is 10.1. The number of nitrogens with one attached hydrogen (secondary N) is 1. The third-order valence-corrected chi connectivity index (χ3v) is 4.47. The van der Waals surface area contributed by atoms with Crippen LogP contribution in [-0.4, -0.2) is 27.1 Å². The van der Waals surface area contributed by atoms with Gasteiger partial charge in [0, 0.05) is 12.8 Å². The van der Waals surface area contributed by atoms with E-state index in [4.69, 9.17) is 0 Å². The maximum absolute atomic E-state index is 13.0. The summed E-state index contributed by atoms with van der Waals surface area (Å²) in [5.74, 6) is -0.537. The Morgan fingerprint density at radius 3 is 2.39 bits per heavy atom. The lowest BCUT2D eigenvalue weighted by molar-refractivity contribution is -0.120. The number of carbonyl (C=O) groups is 1. The Kier molecular flexibility index (Phi) is 5.50. The summed E-state index contributed by atoms with van der Waals surface area (Å²) in [4.78, 5) is 12.1. The summed E-state index contributed by atoms with van der Waals surface area (Å²) in [5, 5.41) is 2.76. The number of sulfone groups is 1.